The molecule has 4 nitrogen and oxygen atoms in total. The highest BCUT2D eigenvalue weighted by atomic mass is 32.2. The van der Waals surface area contributed by atoms with Crippen LogP contribution in [0.5, 0.6) is 5.75 Å². The van der Waals surface area contributed by atoms with Gasteiger partial charge in [0.1, 0.15) is 11.6 Å². The van der Waals surface area contributed by atoms with Crippen LogP contribution in [0, 0.1) is 5.82 Å². The number of thioether (sulfide) groups is 1. The van der Waals surface area contributed by atoms with Crippen LogP contribution in [0.3, 0.4) is 0 Å². The third kappa shape index (κ3) is 4.57. The Balaban J connectivity index is 1.93. The van der Waals surface area contributed by atoms with Gasteiger partial charge in [-0.25, -0.2) is 9.38 Å². The molecule has 1 aliphatic heterocycles. The quantitative estimate of drug-likeness (QED) is 0.662. The third-order valence-corrected chi connectivity index (χ3v) is 4.83. The molecular weight excluding hydrogens is 363 g/mol. The molecule has 0 radical (unpaired) electrons. The number of likely N-dealkylation sites (N-methyl/N-ethyl adjacent to an activating group) is 1. The molecule has 1 amide bonds. The molecule has 0 N–H and O–H groups in total. The summed E-state index contributed by atoms with van der Waals surface area (Å²) in [6, 6.07) is 13.5. The molecule has 0 bridgehead atoms. The number of para-hydroxylation sites is 1. The SMILES string of the molecule is CCN1C(=O)/C(=C\c2ccccc2OC(C)C)SC1=Nc1ccc(F)cc1. The number of benzene rings is 2. The molecule has 6 heteroatoms. The van der Waals surface area contributed by atoms with Crippen molar-refractivity contribution in [2.24, 2.45) is 4.99 Å². The molecule has 1 aliphatic rings. The Morgan fingerprint density at radius 2 is 1.89 bits per heavy atom. The number of amides is 1. The van der Waals surface area contributed by atoms with E-state index in [4.69, 9.17) is 4.74 Å². The largest absolute Gasteiger partial charge is 0.490 e. The summed E-state index contributed by atoms with van der Waals surface area (Å²) in [4.78, 5) is 19.5. The number of halogens is 1. The van der Waals surface area contributed by atoms with Crippen molar-refractivity contribution in [2.45, 2.75) is 26.9 Å². The first kappa shape index (κ1) is 19.2. The summed E-state index contributed by atoms with van der Waals surface area (Å²) in [5, 5.41) is 0.586. The molecule has 1 fully saturated rings. The number of hydrogen-bond donors (Lipinski definition) is 0. The van der Waals surface area contributed by atoms with Crippen molar-refractivity contribution in [1.82, 2.24) is 4.90 Å². The molecule has 1 saturated heterocycles. The van der Waals surface area contributed by atoms with Gasteiger partial charge in [-0.05, 0) is 68.9 Å². The number of amidine groups is 1. The van der Waals surface area contributed by atoms with E-state index >= 15 is 0 Å². The van der Waals surface area contributed by atoms with Crippen LogP contribution in [0.4, 0.5) is 10.1 Å². The maximum atomic E-state index is 13.1. The van der Waals surface area contributed by atoms with E-state index in [1.807, 2.05) is 51.1 Å². The highest BCUT2D eigenvalue weighted by Gasteiger charge is 2.32. The highest BCUT2D eigenvalue weighted by Crippen LogP contribution is 2.35. The zero-order valence-electron chi connectivity index (χ0n) is 15.5. The zero-order valence-corrected chi connectivity index (χ0v) is 16.3. The van der Waals surface area contributed by atoms with E-state index in [0.717, 1.165) is 11.3 Å². The topological polar surface area (TPSA) is 41.9 Å². The van der Waals surface area contributed by atoms with Gasteiger partial charge in [0.25, 0.3) is 5.91 Å². The minimum Gasteiger partial charge on any atom is -0.490 e. The monoisotopic (exact) mass is 384 g/mol. The fourth-order valence-corrected chi connectivity index (χ4v) is 3.65. The van der Waals surface area contributed by atoms with E-state index in [1.165, 1.54) is 23.9 Å². The Hall–Kier alpha value is -2.60. The van der Waals surface area contributed by atoms with Crippen molar-refractivity contribution >= 4 is 34.6 Å². The number of ether oxygens (including phenoxy) is 1. The van der Waals surface area contributed by atoms with Crippen LogP contribution in [0.2, 0.25) is 0 Å². The van der Waals surface area contributed by atoms with Crippen molar-refractivity contribution in [3.63, 3.8) is 0 Å². The van der Waals surface area contributed by atoms with Crippen molar-refractivity contribution < 1.29 is 13.9 Å². The maximum Gasteiger partial charge on any atom is 0.266 e. The Labute approximate surface area is 162 Å². The Kier molecular flexibility index (Phi) is 5.96. The average molecular weight is 384 g/mol. The summed E-state index contributed by atoms with van der Waals surface area (Å²) in [6.45, 7) is 6.34. The number of aliphatic imine (C=N–C) groups is 1. The molecule has 0 aromatic heterocycles. The number of carbonyl (C=O) groups excluding carboxylic acids is 1. The second-order valence-corrected chi connectivity index (χ2v) is 7.24. The smallest absolute Gasteiger partial charge is 0.266 e. The summed E-state index contributed by atoms with van der Waals surface area (Å²) in [5.41, 5.74) is 1.45. The van der Waals surface area contributed by atoms with Crippen molar-refractivity contribution in [3.8, 4) is 5.75 Å². The number of hydrogen-bond acceptors (Lipinski definition) is 4. The lowest BCUT2D eigenvalue weighted by Crippen LogP contribution is -2.28. The van der Waals surface area contributed by atoms with E-state index in [1.54, 1.807) is 17.0 Å². The van der Waals surface area contributed by atoms with Gasteiger partial charge in [-0.3, -0.25) is 9.69 Å². The second kappa shape index (κ2) is 8.39. The molecule has 140 valence electrons. The normalized spacial score (nSPS) is 17.4. The fourth-order valence-electron chi connectivity index (χ4n) is 2.60. The number of carbonyl (C=O) groups is 1. The van der Waals surface area contributed by atoms with E-state index in [9.17, 15) is 9.18 Å². The Bertz CT molecular complexity index is 891. The van der Waals surface area contributed by atoms with Gasteiger partial charge in [0.2, 0.25) is 0 Å². The molecule has 3 rings (SSSR count). The van der Waals surface area contributed by atoms with Crippen LogP contribution in [-0.2, 0) is 4.79 Å². The van der Waals surface area contributed by atoms with E-state index in [-0.39, 0.29) is 17.8 Å². The molecule has 0 saturated carbocycles. The summed E-state index contributed by atoms with van der Waals surface area (Å²) >= 11 is 1.31. The standard InChI is InChI=1S/C21H21FN2O2S/c1-4-24-20(25)19(13-15-7-5-6-8-18(15)26-14(2)3)27-21(24)23-17-11-9-16(22)10-12-17/h5-14H,4H2,1-3H3/b19-13+,23-21?. The first-order valence-electron chi connectivity index (χ1n) is 8.79. The minimum atomic E-state index is -0.316. The van der Waals surface area contributed by atoms with Gasteiger partial charge in [0.15, 0.2) is 5.17 Å². The molecule has 0 unspecified atom stereocenters. The molecule has 0 aliphatic carbocycles. The lowest BCUT2D eigenvalue weighted by Gasteiger charge is -2.13. The van der Waals surface area contributed by atoms with Crippen LogP contribution in [0.15, 0.2) is 58.4 Å². The van der Waals surface area contributed by atoms with Crippen molar-refractivity contribution in [3.05, 3.63) is 64.8 Å². The number of nitrogens with zero attached hydrogens (tertiary/aromatic N) is 2. The average Bonchev–Trinajstić information content (AvgIpc) is 2.93. The molecule has 2 aromatic carbocycles. The zero-order chi connectivity index (χ0) is 19.4. The molecule has 0 atom stereocenters. The third-order valence-electron chi connectivity index (χ3n) is 3.82. The lowest BCUT2D eigenvalue weighted by atomic mass is 10.2. The van der Waals surface area contributed by atoms with Gasteiger partial charge in [-0.2, -0.15) is 0 Å². The molecular formula is C21H21FN2O2S. The van der Waals surface area contributed by atoms with E-state index in [2.05, 4.69) is 4.99 Å². The van der Waals surface area contributed by atoms with Crippen LogP contribution >= 0.6 is 11.8 Å². The lowest BCUT2D eigenvalue weighted by molar-refractivity contribution is -0.122. The van der Waals surface area contributed by atoms with Gasteiger partial charge in [-0.15, -0.1) is 0 Å². The van der Waals surface area contributed by atoms with Crippen molar-refractivity contribution in [2.75, 3.05) is 6.54 Å². The van der Waals surface area contributed by atoms with E-state index in [0.29, 0.717) is 22.3 Å². The van der Waals surface area contributed by atoms with Gasteiger partial charge in [-0.1, -0.05) is 18.2 Å². The first-order valence-corrected chi connectivity index (χ1v) is 9.61. The van der Waals surface area contributed by atoms with Gasteiger partial charge >= 0.3 is 0 Å². The summed E-state index contributed by atoms with van der Waals surface area (Å²) in [6.07, 6.45) is 1.87. The van der Waals surface area contributed by atoms with Gasteiger partial charge < -0.3 is 4.74 Å². The predicted molar refractivity (Wildman–Crippen MR) is 109 cm³/mol. The fraction of sp³-hybridized carbons (Fsp3) is 0.238. The minimum absolute atomic E-state index is 0.0409. The number of rotatable bonds is 5. The second-order valence-electron chi connectivity index (χ2n) is 6.24. The Morgan fingerprint density at radius 3 is 2.56 bits per heavy atom. The van der Waals surface area contributed by atoms with Crippen molar-refractivity contribution in [1.29, 1.82) is 0 Å². The highest BCUT2D eigenvalue weighted by molar-refractivity contribution is 8.18. The Morgan fingerprint density at radius 1 is 1.19 bits per heavy atom. The summed E-state index contributed by atoms with van der Waals surface area (Å²) < 4.78 is 18.9. The van der Waals surface area contributed by atoms with Crippen LogP contribution < -0.4 is 4.74 Å². The first-order chi connectivity index (χ1) is 13.0. The van der Waals surface area contributed by atoms with Crippen LogP contribution in [-0.4, -0.2) is 28.6 Å². The van der Waals surface area contributed by atoms with Gasteiger partial charge in [0.05, 0.1) is 16.7 Å². The molecule has 2 aromatic rings. The molecule has 1 heterocycles. The maximum absolute atomic E-state index is 13.1. The van der Waals surface area contributed by atoms with E-state index < -0.39 is 0 Å². The van der Waals surface area contributed by atoms with Crippen LogP contribution in [0.25, 0.3) is 6.08 Å². The predicted octanol–water partition coefficient (Wildman–Crippen LogP) is 5.24. The summed E-state index contributed by atoms with van der Waals surface area (Å²) in [7, 11) is 0. The molecule has 0 spiro atoms. The van der Waals surface area contributed by atoms with Gasteiger partial charge in [0, 0.05) is 12.1 Å². The molecule has 27 heavy (non-hydrogen) atoms. The van der Waals surface area contributed by atoms with Crippen LogP contribution in [0.1, 0.15) is 26.3 Å². The summed E-state index contributed by atoms with van der Waals surface area (Å²) in [5.74, 6) is 0.326.